The number of imidazole rings is 1. The number of rotatable bonds is 5. The molecule has 0 unspecified atom stereocenters. The molecule has 0 saturated heterocycles. The number of aryl methyl sites for hydroxylation is 2. The number of nitrogens with zero attached hydrogens (tertiary/aromatic N) is 3. The molecule has 0 bridgehead atoms. The molecule has 7 nitrogen and oxygen atoms in total. The summed E-state index contributed by atoms with van der Waals surface area (Å²) in [6, 6.07) is 5.27. The summed E-state index contributed by atoms with van der Waals surface area (Å²) in [5.74, 6) is 0.963. The monoisotopic (exact) mass is 300 g/mol. The van der Waals surface area contributed by atoms with E-state index < -0.39 is 5.97 Å². The molecule has 0 spiro atoms. The van der Waals surface area contributed by atoms with Crippen molar-refractivity contribution in [2.75, 3.05) is 6.61 Å². The van der Waals surface area contributed by atoms with Crippen LogP contribution >= 0.6 is 0 Å². The number of aromatic amines is 1. The number of H-pyrrole nitrogens is 1. The summed E-state index contributed by atoms with van der Waals surface area (Å²) in [5.41, 5.74) is 1.88. The highest BCUT2D eigenvalue weighted by atomic mass is 16.5. The summed E-state index contributed by atoms with van der Waals surface area (Å²) in [6.45, 7) is 2.14. The van der Waals surface area contributed by atoms with Gasteiger partial charge in [-0.3, -0.25) is 5.10 Å². The summed E-state index contributed by atoms with van der Waals surface area (Å²) in [7, 11) is 1.90. The molecule has 0 saturated carbocycles. The zero-order valence-corrected chi connectivity index (χ0v) is 12.4. The lowest BCUT2D eigenvalue weighted by Crippen LogP contribution is -2.10. The Hall–Kier alpha value is -2.83. The van der Waals surface area contributed by atoms with Gasteiger partial charge in [-0.25, -0.2) is 9.78 Å². The number of ether oxygens (including phenoxy) is 1. The fourth-order valence-corrected chi connectivity index (χ4v) is 2.08. The minimum Gasteiger partial charge on any atom is -0.461 e. The van der Waals surface area contributed by atoms with Crippen molar-refractivity contribution in [1.29, 1.82) is 0 Å². The largest absolute Gasteiger partial charge is 0.461 e. The van der Waals surface area contributed by atoms with Crippen molar-refractivity contribution < 1.29 is 13.9 Å². The van der Waals surface area contributed by atoms with Crippen LogP contribution in [0.1, 0.15) is 21.9 Å². The van der Waals surface area contributed by atoms with E-state index in [-0.39, 0.29) is 6.61 Å². The van der Waals surface area contributed by atoms with E-state index >= 15 is 0 Å². The molecule has 3 aromatic heterocycles. The van der Waals surface area contributed by atoms with Gasteiger partial charge in [-0.05, 0) is 19.1 Å². The Kier molecular flexibility index (Phi) is 3.78. The lowest BCUT2D eigenvalue weighted by atomic mass is 10.3. The third-order valence-corrected chi connectivity index (χ3v) is 3.30. The Labute approximate surface area is 126 Å². The van der Waals surface area contributed by atoms with Gasteiger partial charge >= 0.3 is 5.97 Å². The Morgan fingerprint density at radius 3 is 3.00 bits per heavy atom. The Morgan fingerprint density at radius 2 is 2.32 bits per heavy atom. The third kappa shape index (κ3) is 2.93. The van der Waals surface area contributed by atoms with Crippen LogP contribution in [0, 0.1) is 6.92 Å². The minimum atomic E-state index is -0.441. The number of hydrogen-bond acceptors (Lipinski definition) is 5. The van der Waals surface area contributed by atoms with Crippen LogP contribution in [0.4, 0.5) is 0 Å². The Bertz CT molecular complexity index is 784. The van der Waals surface area contributed by atoms with E-state index in [4.69, 9.17) is 9.15 Å². The number of carbonyl (C=O) groups excluding carboxylic acids is 1. The quantitative estimate of drug-likeness (QED) is 0.729. The first-order valence-electron chi connectivity index (χ1n) is 6.88. The maximum atomic E-state index is 12.0. The predicted octanol–water partition coefficient (Wildman–Crippen LogP) is 2.11. The zero-order valence-electron chi connectivity index (χ0n) is 12.4. The molecule has 3 rings (SSSR count). The van der Waals surface area contributed by atoms with Crippen LogP contribution in [0.2, 0.25) is 0 Å². The summed E-state index contributed by atoms with van der Waals surface area (Å²) in [4.78, 5) is 16.0. The second-order valence-corrected chi connectivity index (χ2v) is 4.96. The van der Waals surface area contributed by atoms with Crippen molar-refractivity contribution >= 4 is 5.97 Å². The number of furan rings is 1. The van der Waals surface area contributed by atoms with Gasteiger partial charge in [0.2, 0.25) is 0 Å². The van der Waals surface area contributed by atoms with E-state index in [1.54, 1.807) is 18.6 Å². The number of carbonyl (C=O) groups is 1. The molecule has 7 heteroatoms. The van der Waals surface area contributed by atoms with Crippen LogP contribution < -0.4 is 0 Å². The van der Waals surface area contributed by atoms with Gasteiger partial charge in [0.25, 0.3) is 0 Å². The van der Waals surface area contributed by atoms with E-state index in [1.165, 1.54) is 0 Å². The highest BCUT2D eigenvalue weighted by molar-refractivity contribution is 5.88. The summed E-state index contributed by atoms with van der Waals surface area (Å²) < 4.78 is 12.6. The summed E-state index contributed by atoms with van der Waals surface area (Å²) in [5, 5.41) is 6.73. The topological polar surface area (TPSA) is 85.9 Å². The normalized spacial score (nSPS) is 10.8. The molecule has 0 radical (unpaired) electrons. The van der Waals surface area contributed by atoms with Gasteiger partial charge in [0.1, 0.15) is 17.1 Å². The van der Waals surface area contributed by atoms with Gasteiger partial charge in [-0.15, -0.1) is 0 Å². The second-order valence-electron chi connectivity index (χ2n) is 4.96. The van der Waals surface area contributed by atoms with Gasteiger partial charge < -0.3 is 13.7 Å². The molecule has 114 valence electrons. The van der Waals surface area contributed by atoms with Gasteiger partial charge in [0.05, 0.1) is 12.9 Å². The molecular weight excluding hydrogens is 284 g/mol. The maximum absolute atomic E-state index is 12.0. The molecule has 0 fully saturated rings. The minimum absolute atomic E-state index is 0.284. The molecule has 1 N–H and O–H groups in total. The Morgan fingerprint density at radius 1 is 1.45 bits per heavy atom. The van der Waals surface area contributed by atoms with Crippen molar-refractivity contribution in [3.63, 3.8) is 0 Å². The number of hydrogen-bond donors (Lipinski definition) is 1. The van der Waals surface area contributed by atoms with E-state index in [9.17, 15) is 4.79 Å². The van der Waals surface area contributed by atoms with E-state index in [2.05, 4.69) is 15.2 Å². The van der Waals surface area contributed by atoms with Crippen LogP contribution in [0.25, 0.3) is 11.5 Å². The van der Waals surface area contributed by atoms with E-state index in [0.717, 1.165) is 11.5 Å². The molecule has 0 aliphatic rings. The molecule has 22 heavy (non-hydrogen) atoms. The molecule has 0 amide bonds. The lowest BCUT2D eigenvalue weighted by Gasteiger charge is -2.03. The van der Waals surface area contributed by atoms with Crippen molar-refractivity contribution in [3.8, 4) is 11.5 Å². The molecule has 3 heterocycles. The average molecular weight is 300 g/mol. The fraction of sp³-hybridized carbons (Fsp3) is 0.267. The standard InChI is InChI=1S/C15H16N4O3/c1-10-3-4-14(22-10)12-7-13(18-17-12)15(20)21-6-5-11-8-16-9-19(11)2/h3-4,7-9H,5-6H2,1-2H3,(H,17,18). The summed E-state index contributed by atoms with van der Waals surface area (Å²) >= 11 is 0. The molecule has 0 atom stereocenters. The smallest absolute Gasteiger partial charge is 0.356 e. The van der Waals surface area contributed by atoms with Crippen molar-refractivity contribution in [3.05, 3.63) is 47.9 Å². The van der Waals surface area contributed by atoms with Crippen LogP contribution in [-0.2, 0) is 18.2 Å². The first-order valence-corrected chi connectivity index (χ1v) is 6.88. The highest BCUT2D eigenvalue weighted by Gasteiger charge is 2.14. The average Bonchev–Trinajstić information content (AvgIpc) is 3.20. The highest BCUT2D eigenvalue weighted by Crippen LogP contribution is 2.20. The second kappa shape index (κ2) is 5.88. The predicted molar refractivity (Wildman–Crippen MR) is 78.2 cm³/mol. The third-order valence-electron chi connectivity index (χ3n) is 3.30. The fourth-order valence-electron chi connectivity index (χ4n) is 2.08. The molecule has 0 aliphatic heterocycles. The van der Waals surface area contributed by atoms with E-state index in [0.29, 0.717) is 23.6 Å². The van der Waals surface area contributed by atoms with Crippen molar-refractivity contribution in [2.45, 2.75) is 13.3 Å². The van der Waals surface area contributed by atoms with Crippen LogP contribution in [0.15, 0.2) is 35.1 Å². The Balaban J connectivity index is 1.59. The molecule has 3 aromatic rings. The lowest BCUT2D eigenvalue weighted by molar-refractivity contribution is 0.0501. The van der Waals surface area contributed by atoms with Crippen LogP contribution in [0.5, 0.6) is 0 Å². The molecular formula is C15H16N4O3. The molecule has 0 aromatic carbocycles. The maximum Gasteiger partial charge on any atom is 0.356 e. The number of nitrogens with one attached hydrogen (secondary N) is 1. The van der Waals surface area contributed by atoms with Crippen LogP contribution in [0.3, 0.4) is 0 Å². The van der Waals surface area contributed by atoms with Crippen molar-refractivity contribution in [2.24, 2.45) is 7.05 Å². The van der Waals surface area contributed by atoms with Crippen molar-refractivity contribution in [1.82, 2.24) is 19.7 Å². The SMILES string of the molecule is Cc1ccc(-c2cc(C(=O)OCCc3cncn3C)[nH]n2)o1. The first-order chi connectivity index (χ1) is 10.6. The number of esters is 1. The first kappa shape index (κ1) is 14.1. The number of aromatic nitrogens is 4. The molecule has 0 aliphatic carbocycles. The van der Waals surface area contributed by atoms with Gasteiger partial charge in [0, 0.05) is 31.4 Å². The van der Waals surface area contributed by atoms with Gasteiger partial charge in [-0.1, -0.05) is 0 Å². The van der Waals surface area contributed by atoms with Gasteiger partial charge in [0.15, 0.2) is 5.76 Å². The summed E-state index contributed by atoms with van der Waals surface area (Å²) in [6.07, 6.45) is 4.08. The zero-order chi connectivity index (χ0) is 15.5. The van der Waals surface area contributed by atoms with Gasteiger partial charge in [-0.2, -0.15) is 5.10 Å². The van der Waals surface area contributed by atoms with E-state index in [1.807, 2.05) is 30.7 Å². The van der Waals surface area contributed by atoms with Crippen LogP contribution in [-0.4, -0.2) is 32.3 Å².